The molecule has 7 nitrogen and oxygen atoms in total. The van der Waals surface area contributed by atoms with Crippen LogP contribution in [0.5, 0.6) is 11.5 Å². The highest BCUT2D eigenvalue weighted by molar-refractivity contribution is 7.99. The fraction of sp³-hybridized carbons (Fsp3) is 0.190. The molecule has 0 aliphatic heterocycles. The van der Waals surface area contributed by atoms with Crippen LogP contribution in [0.1, 0.15) is 5.56 Å². The fourth-order valence-corrected chi connectivity index (χ4v) is 2.92. The number of nitrogens with zero attached hydrogens (tertiary/aromatic N) is 1. The quantitative estimate of drug-likeness (QED) is 0.332. The molecule has 0 unspecified atom stereocenters. The molecule has 31 heavy (non-hydrogen) atoms. The molecule has 1 N–H and O–H groups in total. The molecule has 0 aliphatic carbocycles. The summed E-state index contributed by atoms with van der Waals surface area (Å²) in [6.07, 6.45) is 2.57. The molecular formula is C21H18F2N2O5S. The zero-order valence-corrected chi connectivity index (χ0v) is 17.2. The van der Waals surface area contributed by atoms with Gasteiger partial charge in [0.05, 0.1) is 12.8 Å². The van der Waals surface area contributed by atoms with Gasteiger partial charge in [0.2, 0.25) is 0 Å². The highest BCUT2D eigenvalue weighted by atomic mass is 32.2. The molecule has 0 aromatic heterocycles. The van der Waals surface area contributed by atoms with Crippen LogP contribution in [0.4, 0.5) is 14.5 Å². The van der Waals surface area contributed by atoms with Crippen LogP contribution in [0.15, 0.2) is 53.4 Å². The van der Waals surface area contributed by atoms with Crippen molar-refractivity contribution in [3.05, 3.63) is 54.1 Å². The number of benzene rings is 2. The molecule has 0 saturated heterocycles. The number of hydrogen-bond acceptors (Lipinski definition) is 7. The van der Waals surface area contributed by atoms with Gasteiger partial charge >= 0.3 is 5.97 Å². The molecule has 2 rings (SSSR count). The van der Waals surface area contributed by atoms with Gasteiger partial charge in [0.1, 0.15) is 6.07 Å². The maximum absolute atomic E-state index is 12.6. The summed E-state index contributed by atoms with van der Waals surface area (Å²) in [4.78, 5) is 24.0. The van der Waals surface area contributed by atoms with Gasteiger partial charge in [0.25, 0.3) is 11.7 Å². The number of nitriles is 1. The molecule has 0 atom stereocenters. The second kappa shape index (κ2) is 12.2. The maximum atomic E-state index is 12.6. The highest BCUT2D eigenvalue weighted by Crippen LogP contribution is 2.31. The van der Waals surface area contributed by atoms with Gasteiger partial charge in [-0.15, -0.1) is 0 Å². The molecule has 0 heterocycles. The van der Waals surface area contributed by atoms with E-state index in [1.165, 1.54) is 25.3 Å². The number of anilines is 1. The van der Waals surface area contributed by atoms with E-state index in [1.807, 2.05) is 6.07 Å². The van der Waals surface area contributed by atoms with Crippen LogP contribution in [0.2, 0.25) is 0 Å². The Labute approximate surface area is 181 Å². The van der Waals surface area contributed by atoms with E-state index >= 15 is 0 Å². The fourth-order valence-electron chi connectivity index (χ4n) is 2.32. The Morgan fingerprint density at radius 3 is 2.71 bits per heavy atom. The van der Waals surface area contributed by atoms with Crippen molar-refractivity contribution in [3.63, 3.8) is 0 Å². The summed E-state index contributed by atoms with van der Waals surface area (Å²) in [6.45, 7) is -0.716. The van der Waals surface area contributed by atoms with Crippen molar-refractivity contribution in [3.8, 4) is 17.6 Å². The first kappa shape index (κ1) is 23.7. The third-order valence-corrected chi connectivity index (χ3v) is 4.40. The minimum Gasteiger partial charge on any atom is -0.493 e. The first-order chi connectivity index (χ1) is 14.9. The second-order valence-corrected chi connectivity index (χ2v) is 6.75. The third-order valence-electron chi connectivity index (χ3n) is 3.61. The Balaban J connectivity index is 1.90. The minimum atomic E-state index is -2.63. The number of halogens is 2. The summed E-state index contributed by atoms with van der Waals surface area (Å²) in [7, 11) is 1.44. The Morgan fingerprint density at radius 2 is 2.00 bits per heavy atom. The summed E-state index contributed by atoms with van der Waals surface area (Å²) in [5.74, 6) is -3.30. The molecule has 0 fully saturated rings. The van der Waals surface area contributed by atoms with E-state index < -0.39 is 24.2 Å². The van der Waals surface area contributed by atoms with E-state index in [9.17, 15) is 18.4 Å². The molecule has 0 saturated carbocycles. The zero-order valence-electron chi connectivity index (χ0n) is 16.3. The van der Waals surface area contributed by atoms with Crippen molar-refractivity contribution in [1.29, 1.82) is 5.26 Å². The molecule has 2 aromatic rings. The van der Waals surface area contributed by atoms with Gasteiger partial charge in [-0.05, 0) is 35.9 Å². The summed E-state index contributed by atoms with van der Waals surface area (Å²) in [5.41, 5.74) is 0.802. The first-order valence-corrected chi connectivity index (χ1v) is 9.67. The van der Waals surface area contributed by atoms with Crippen molar-refractivity contribution in [2.75, 3.05) is 25.6 Å². The van der Waals surface area contributed by atoms with Crippen LogP contribution in [0.3, 0.4) is 0 Å². The van der Waals surface area contributed by atoms with Crippen molar-refractivity contribution < 1.29 is 32.6 Å². The monoisotopic (exact) mass is 448 g/mol. The number of alkyl halides is 2. The molecule has 0 radical (unpaired) electrons. The summed E-state index contributed by atoms with van der Waals surface area (Å²) >= 11 is 0.303. The standard InChI is InChI=1S/C21H18F2N2O5S/c1-28-17-12-14(6-8-16(17)29-11-10-24)7-9-20(27)30-13-19(26)25-15-4-2-3-5-18(15)31-21(22)23/h2-9,12,21H,11,13H2,1H3,(H,25,26)/b9-7+. The van der Waals surface area contributed by atoms with Crippen LogP contribution in [-0.4, -0.2) is 38.0 Å². The number of carbonyl (C=O) groups excluding carboxylic acids is 2. The number of nitrogens with one attached hydrogen (secondary N) is 1. The van der Waals surface area contributed by atoms with E-state index in [2.05, 4.69) is 5.32 Å². The Bertz CT molecular complexity index is 992. The predicted octanol–water partition coefficient (Wildman–Crippen LogP) is 4.11. The zero-order chi connectivity index (χ0) is 22.6. The lowest BCUT2D eigenvalue weighted by molar-refractivity contribution is -0.142. The number of thioether (sulfide) groups is 1. The number of ether oxygens (including phenoxy) is 3. The van der Waals surface area contributed by atoms with E-state index in [0.717, 1.165) is 6.08 Å². The van der Waals surface area contributed by atoms with Crippen LogP contribution in [-0.2, 0) is 14.3 Å². The number of esters is 1. The second-order valence-electron chi connectivity index (χ2n) is 5.72. The van der Waals surface area contributed by atoms with Crippen LogP contribution >= 0.6 is 11.8 Å². The predicted molar refractivity (Wildman–Crippen MR) is 111 cm³/mol. The SMILES string of the molecule is COc1cc(/C=C/C(=O)OCC(=O)Nc2ccccc2SC(F)F)ccc1OCC#N. The summed E-state index contributed by atoms with van der Waals surface area (Å²) in [6, 6.07) is 12.8. The van der Waals surface area contributed by atoms with Crippen molar-refractivity contribution in [1.82, 2.24) is 0 Å². The minimum absolute atomic E-state index is 0.134. The van der Waals surface area contributed by atoms with Gasteiger partial charge in [-0.3, -0.25) is 4.79 Å². The maximum Gasteiger partial charge on any atom is 0.331 e. The molecule has 162 valence electrons. The summed E-state index contributed by atoms with van der Waals surface area (Å²) < 4.78 is 40.4. The number of para-hydroxylation sites is 1. The lowest BCUT2D eigenvalue weighted by atomic mass is 10.2. The third kappa shape index (κ3) is 7.98. The number of methoxy groups -OCH3 is 1. The van der Waals surface area contributed by atoms with Crippen LogP contribution < -0.4 is 14.8 Å². The van der Waals surface area contributed by atoms with E-state index in [-0.39, 0.29) is 17.2 Å². The molecule has 0 aliphatic rings. The number of amides is 1. The molecule has 2 aromatic carbocycles. The van der Waals surface area contributed by atoms with Gasteiger partial charge < -0.3 is 19.5 Å². The van der Waals surface area contributed by atoms with E-state index in [0.29, 0.717) is 28.8 Å². The van der Waals surface area contributed by atoms with Crippen LogP contribution in [0, 0.1) is 11.3 Å². The topological polar surface area (TPSA) is 97.7 Å². The Morgan fingerprint density at radius 1 is 1.23 bits per heavy atom. The average molecular weight is 448 g/mol. The van der Waals surface area contributed by atoms with E-state index in [4.69, 9.17) is 19.5 Å². The first-order valence-electron chi connectivity index (χ1n) is 8.79. The average Bonchev–Trinajstić information content (AvgIpc) is 2.76. The van der Waals surface area contributed by atoms with Gasteiger partial charge in [-0.1, -0.05) is 30.0 Å². The molecule has 0 bridgehead atoms. The normalized spacial score (nSPS) is 10.5. The smallest absolute Gasteiger partial charge is 0.331 e. The molecule has 1 amide bonds. The van der Waals surface area contributed by atoms with Crippen molar-refractivity contribution >= 4 is 35.4 Å². The molecule has 10 heteroatoms. The van der Waals surface area contributed by atoms with E-state index in [1.54, 1.807) is 30.3 Å². The lowest BCUT2D eigenvalue weighted by Crippen LogP contribution is -2.20. The van der Waals surface area contributed by atoms with Crippen molar-refractivity contribution in [2.45, 2.75) is 10.7 Å². The molecular weight excluding hydrogens is 430 g/mol. The van der Waals surface area contributed by atoms with Gasteiger partial charge in [-0.2, -0.15) is 14.0 Å². The van der Waals surface area contributed by atoms with Crippen LogP contribution in [0.25, 0.3) is 6.08 Å². The van der Waals surface area contributed by atoms with Crippen molar-refractivity contribution in [2.24, 2.45) is 0 Å². The summed E-state index contributed by atoms with van der Waals surface area (Å²) in [5, 5.41) is 11.0. The number of rotatable bonds is 10. The largest absolute Gasteiger partial charge is 0.493 e. The van der Waals surface area contributed by atoms with Gasteiger partial charge in [0, 0.05) is 11.0 Å². The molecule has 0 spiro atoms. The Kier molecular flexibility index (Phi) is 9.32. The number of carbonyl (C=O) groups is 2. The Hall–Kier alpha value is -3.58. The van der Waals surface area contributed by atoms with Gasteiger partial charge in [-0.25, -0.2) is 4.79 Å². The lowest BCUT2D eigenvalue weighted by Gasteiger charge is -2.10. The van der Waals surface area contributed by atoms with Gasteiger partial charge in [0.15, 0.2) is 24.7 Å². The highest BCUT2D eigenvalue weighted by Gasteiger charge is 2.12. The number of hydrogen-bond donors (Lipinski definition) is 1.